The smallest absolute Gasteiger partial charge is 0.239 e. The molecule has 0 aliphatic heterocycles. The summed E-state index contributed by atoms with van der Waals surface area (Å²) >= 11 is 12.2. The van der Waals surface area contributed by atoms with Crippen LogP contribution in [-0.2, 0) is 6.54 Å². The summed E-state index contributed by atoms with van der Waals surface area (Å²) < 4.78 is 5.32. The number of anilines is 2. The van der Waals surface area contributed by atoms with Gasteiger partial charge in [-0.15, -0.1) is 0 Å². The number of benzene rings is 1. The minimum atomic E-state index is 0.530. The summed E-state index contributed by atoms with van der Waals surface area (Å²) in [6.07, 6.45) is 1.71. The third kappa shape index (κ3) is 3.71. The highest BCUT2D eigenvalue weighted by atomic mass is 35.5. The Labute approximate surface area is 134 Å². The van der Waals surface area contributed by atoms with E-state index in [0.717, 1.165) is 16.9 Å². The highest BCUT2D eigenvalue weighted by Gasteiger charge is 2.12. The Kier molecular flexibility index (Phi) is 5.15. The van der Waals surface area contributed by atoms with Crippen LogP contribution < -0.4 is 15.0 Å². The second-order valence-electron chi connectivity index (χ2n) is 4.70. The molecule has 0 atom stereocenters. The standard InChI is InChI=1S/C15H17Cl2N3O/c1-20(2)13-6-7-18-15(21-3)14(13)19-9-10-8-11(16)4-5-12(10)17/h4-8,19H,9H2,1-3H3. The first-order valence-electron chi connectivity index (χ1n) is 6.41. The monoisotopic (exact) mass is 325 g/mol. The summed E-state index contributed by atoms with van der Waals surface area (Å²) in [6, 6.07) is 7.32. The Hall–Kier alpha value is -1.65. The molecule has 2 aromatic rings. The molecule has 0 unspecified atom stereocenters. The van der Waals surface area contributed by atoms with Crippen molar-refractivity contribution in [2.45, 2.75) is 6.54 Å². The number of nitrogens with one attached hydrogen (secondary N) is 1. The maximum atomic E-state index is 6.18. The quantitative estimate of drug-likeness (QED) is 0.898. The van der Waals surface area contributed by atoms with Gasteiger partial charge < -0.3 is 15.0 Å². The van der Waals surface area contributed by atoms with Crippen molar-refractivity contribution in [3.05, 3.63) is 46.1 Å². The Morgan fingerprint density at radius 3 is 2.67 bits per heavy atom. The first-order chi connectivity index (χ1) is 10.0. The van der Waals surface area contributed by atoms with E-state index in [1.807, 2.05) is 31.1 Å². The lowest BCUT2D eigenvalue weighted by atomic mass is 10.2. The molecule has 0 bridgehead atoms. The Bertz CT molecular complexity index is 632. The fourth-order valence-corrected chi connectivity index (χ4v) is 2.37. The molecule has 0 spiro atoms. The number of methoxy groups -OCH3 is 1. The number of pyridine rings is 1. The molecule has 21 heavy (non-hydrogen) atoms. The highest BCUT2D eigenvalue weighted by Crippen LogP contribution is 2.33. The van der Waals surface area contributed by atoms with E-state index in [9.17, 15) is 0 Å². The summed E-state index contributed by atoms with van der Waals surface area (Å²) in [4.78, 5) is 6.21. The van der Waals surface area contributed by atoms with Crippen LogP contribution in [0.2, 0.25) is 10.0 Å². The molecule has 1 N–H and O–H groups in total. The molecule has 0 amide bonds. The van der Waals surface area contributed by atoms with Crippen molar-refractivity contribution in [1.82, 2.24) is 4.98 Å². The van der Waals surface area contributed by atoms with Crippen molar-refractivity contribution in [2.24, 2.45) is 0 Å². The van der Waals surface area contributed by atoms with E-state index in [0.29, 0.717) is 22.5 Å². The van der Waals surface area contributed by atoms with Crippen molar-refractivity contribution in [2.75, 3.05) is 31.4 Å². The van der Waals surface area contributed by atoms with Crippen LogP contribution in [0, 0.1) is 0 Å². The van der Waals surface area contributed by atoms with Gasteiger partial charge in [0.15, 0.2) is 0 Å². The van der Waals surface area contributed by atoms with Crippen molar-refractivity contribution in [3.63, 3.8) is 0 Å². The van der Waals surface area contributed by atoms with Crippen molar-refractivity contribution < 1.29 is 4.74 Å². The molecule has 0 aliphatic carbocycles. The summed E-state index contributed by atoms with van der Waals surface area (Å²) in [7, 11) is 5.53. The van der Waals surface area contributed by atoms with Crippen molar-refractivity contribution >= 4 is 34.6 Å². The largest absolute Gasteiger partial charge is 0.479 e. The zero-order valence-corrected chi connectivity index (χ0v) is 13.7. The zero-order chi connectivity index (χ0) is 15.4. The fraction of sp³-hybridized carbons (Fsp3) is 0.267. The maximum Gasteiger partial charge on any atom is 0.239 e. The van der Waals surface area contributed by atoms with E-state index in [2.05, 4.69) is 10.3 Å². The highest BCUT2D eigenvalue weighted by molar-refractivity contribution is 6.33. The van der Waals surface area contributed by atoms with Crippen LogP contribution in [0.5, 0.6) is 5.88 Å². The van der Waals surface area contributed by atoms with Gasteiger partial charge in [-0.05, 0) is 29.8 Å². The maximum absolute atomic E-state index is 6.18. The van der Waals surface area contributed by atoms with E-state index >= 15 is 0 Å². The first-order valence-corrected chi connectivity index (χ1v) is 7.16. The van der Waals surface area contributed by atoms with Gasteiger partial charge >= 0.3 is 0 Å². The lowest BCUT2D eigenvalue weighted by Gasteiger charge is -2.20. The predicted molar refractivity (Wildman–Crippen MR) is 88.9 cm³/mol. The van der Waals surface area contributed by atoms with Gasteiger partial charge in [0, 0.05) is 36.9 Å². The van der Waals surface area contributed by atoms with Crippen LogP contribution in [0.1, 0.15) is 5.56 Å². The molecular weight excluding hydrogens is 309 g/mol. The minimum absolute atomic E-state index is 0.530. The van der Waals surface area contributed by atoms with Crippen molar-refractivity contribution in [3.8, 4) is 5.88 Å². The Morgan fingerprint density at radius 1 is 1.24 bits per heavy atom. The third-order valence-corrected chi connectivity index (χ3v) is 3.64. The van der Waals surface area contributed by atoms with Crippen LogP contribution in [0.15, 0.2) is 30.5 Å². The molecule has 0 fully saturated rings. The summed E-state index contributed by atoms with van der Waals surface area (Å²) in [5, 5.41) is 4.65. The number of halogens is 2. The normalized spacial score (nSPS) is 10.3. The van der Waals surface area contributed by atoms with Crippen LogP contribution in [0.3, 0.4) is 0 Å². The molecule has 2 rings (SSSR count). The summed E-state index contributed by atoms with van der Waals surface area (Å²) in [5.74, 6) is 0.541. The Morgan fingerprint density at radius 2 is 2.00 bits per heavy atom. The van der Waals surface area contributed by atoms with Gasteiger partial charge in [-0.3, -0.25) is 0 Å². The molecule has 4 nitrogen and oxygen atoms in total. The molecule has 0 saturated heterocycles. The van der Waals surface area contributed by atoms with E-state index in [1.165, 1.54) is 0 Å². The van der Waals surface area contributed by atoms with Crippen LogP contribution >= 0.6 is 23.2 Å². The molecule has 0 radical (unpaired) electrons. The number of hydrogen-bond acceptors (Lipinski definition) is 4. The van der Waals surface area contributed by atoms with E-state index in [1.54, 1.807) is 25.4 Å². The second-order valence-corrected chi connectivity index (χ2v) is 5.54. The topological polar surface area (TPSA) is 37.4 Å². The van der Waals surface area contributed by atoms with Gasteiger partial charge in [0.2, 0.25) is 5.88 Å². The summed E-state index contributed by atoms with van der Waals surface area (Å²) in [5.41, 5.74) is 2.72. The lowest BCUT2D eigenvalue weighted by Crippen LogP contribution is -2.13. The molecule has 1 heterocycles. The zero-order valence-electron chi connectivity index (χ0n) is 12.2. The number of ether oxygens (including phenoxy) is 1. The summed E-state index contributed by atoms with van der Waals surface area (Å²) in [6.45, 7) is 0.530. The molecule has 0 aliphatic rings. The van der Waals surface area contributed by atoms with Crippen molar-refractivity contribution in [1.29, 1.82) is 0 Å². The van der Waals surface area contributed by atoms with Gasteiger partial charge in [0.25, 0.3) is 0 Å². The number of hydrogen-bond donors (Lipinski definition) is 1. The van der Waals surface area contributed by atoms with Gasteiger partial charge in [0.05, 0.1) is 12.8 Å². The first kappa shape index (κ1) is 15.7. The van der Waals surface area contributed by atoms with E-state index in [4.69, 9.17) is 27.9 Å². The number of nitrogens with zero attached hydrogens (tertiary/aromatic N) is 2. The molecule has 0 saturated carbocycles. The fourth-order valence-electron chi connectivity index (χ4n) is 1.99. The average molecular weight is 326 g/mol. The number of rotatable bonds is 5. The SMILES string of the molecule is COc1nccc(N(C)C)c1NCc1cc(Cl)ccc1Cl. The number of aromatic nitrogens is 1. The molecule has 1 aromatic carbocycles. The lowest BCUT2D eigenvalue weighted by molar-refractivity contribution is 0.400. The molecular formula is C15H17Cl2N3O. The van der Waals surface area contributed by atoms with Gasteiger partial charge in [-0.1, -0.05) is 23.2 Å². The van der Waals surface area contributed by atoms with Crippen LogP contribution in [0.25, 0.3) is 0 Å². The average Bonchev–Trinajstić information content (AvgIpc) is 2.47. The van der Waals surface area contributed by atoms with Crippen LogP contribution in [0.4, 0.5) is 11.4 Å². The minimum Gasteiger partial charge on any atom is -0.479 e. The molecule has 1 aromatic heterocycles. The predicted octanol–water partition coefficient (Wildman–Crippen LogP) is 4.08. The second kappa shape index (κ2) is 6.87. The van der Waals surface area contributed by atoms with E-state index < -0.39 is 0 Å². The van der Waals surface area contributed by atoms with E-state index in [-0.39, 0.29) is 0 Å². The molecule has 112 valence electrons. The molecule has 6 heteroatoms. The van der Waals surface area contributed by atoms with Gasteiger partial charge in [-0.2, -0.15) is 0 Å². The van der Waals surface area contributed by atoms with Gasteiger partial charge in [0.1, 0.15) is 5.69 Å². The third-order valence-electron chi connectivity index (χ3n) is 3.03. The Balaban J connectivity index is 2.29. The van der Waals surface area contributed by atoms with Gasteiger partial charge in [-0.25, -0.2) is 4.98 Å². The van der Waals surface area contributed by atoms with Crippen LogP contribution in [-0.4, -0.2) is 26.2 Å².